The summed E-state index contributed by atoms with van der Waals surface area (Å²) in [5.41, 5.74) is 1.09. The maximum atomic E-state index is 12.6. The maximum absolute atomic E-state index is 12.6. The summed E-state index contributed by atoms with van der Waals surface area (Å²) in [7, 11) is 0. The van der Waals surface area contributed by atoms with Gasteiger partial charge in [0, 0.05) is 0 Å². The van der Waals surface area contributed by atoms with E-state index in [9.17, 15) is 4.79 Å². The van der Waals surface area contributed by atoms with Gasteiger partial charge in [0.15, 0.2) is 11.6 Å². The highest BCUT2D eigenvalue weighted by Crippen LogP contribution is 2.30. The second-order valence-corrected chi connectivity index (χ2v) is 7.14. The van der Waals surface area contributed by atoms with Gasteiger partial charge in [0.1, 0.15) is 17.0 Å². The molecule has 0 radical (unpaired) electrons. The Labute approximate surface area is 138 Å². The molecular weight excluding hydrogens is 350 g/mol. The van der Waals surface area contributed by atoms with Crippen molar-refractivity contribution in [1.29, 1.82) is 0 Å². The molecule has 120 valence electrons. The van der Waals surface area contributed by atoms with Crippen LogP contribution in [0, 0.1) is 0 Å². The summed E-state index contributed by atoms with van der Waals surface area (Å²) in [6, 6.07) is 9.47. The first-order chi connectivity index (χ1) is 10.5. The fraction of sp³-hybridized carbons (Fsp3) is 0.562. The van der Waals surface area contributed by atoms with E-state index in [1.54, 1.807) is 5.06 Å². The maximum Gasteiger partial charge on any atom is 0.171 e. The number of Topliss-reactive ketones (excluding diaryl/α,β-unsaturated/α-hetero) is 1. The normalized spacial score (nSPS) is 32.3. The SMILES string of the molecule is CC1(C)OC[C@H]([C@@H]2C(=O)C(Br)CON2Cc2ccccc2)O1. The number of hydrogen-bond acceptors (Lipinski definition) is 5. The third-order valence-electron chi connectivity index (χ3n) is 3.86. The highest BCUT2D eigenvalue weighted by atomic mass is 79.9. The minimum atomic E-state index is -0.664. The van der Waals surface area contributed by atoms with Crippen molar-refractivity contribution in [2.24, 2.45) is 0 Å². The molecule has 2 aliphatic rings. The summed E-state index contributed by atoms with van der Waals surface area (Å²) in [5.74, 6) is -0.587. The third kappa shape index (κ3) is 3.41. The van der Waals surface area contributed by atoms with Gasteiger partial charge < -0.3 is 9.47 Å². The van der Waals surface area contributed by atoms with Gasteiger partial charge in [-0.25, -0.2) is 0 Å². The van der Waals surface area contributed by atoms with Gasteiger partial charge in [-0.05, 0) is 19.4 Å². The zero-order valence-corrected chi connectivity index (χ0v) is 14.3. The van der Waals surface area contributed by atoms with Crippen molar-refractivity contribution in [3.8, 4) is 0 Å². The summed E-state index contributed by atoms with van der Waals surface area (Å²) >= 11 is 3.39. The van der Waals surface area contributed by atoms with Crippen molar-refractivity contribution in [3.63, 3.8) is 0 Å². The van der Waals surface area contributed by atoms with Crippen molar-refractivity contribution in [3.05, 3.63) is 35.9 Å². The molecule has 0 bridgehead atoms. The molecule has 0 N–H and O–H groups in total. The van der Waals surface area contributed by atoms with Crippen molar-refractivity contribution >= 4 is 21.7 Å². The first kappa shape index (κ1) is 16.1. The van der Waals surface area contributed by atoms with Crippen LogP contribution < -0.4 is 0 Å². The predicted octanol–water partition coefficient (Wildman–Crippen LogP) is 2.29. The van der Waals surface area contributed by atoms with Crippen LogP contribution >= 0.6 is 15.9 Å². The smallest absolute Gasteiger partial charge is 0.171 e. The molecule has 0 amide bonds. The highest BCUT2D eigenvalue weighted by molar-refractivity contribution is 9.10. The lowest BCUT2D eigenvalue weighted by Gasteiger charge is -2.38. The molecule has 5 nitrogen and oxygen atoms in total. The Kier molecular flexibility index (Phi) is 4.66. The number of rotatable bonds is 3. The van der Waals surface area contributed by atoms with Crippen LogP contribution in [0.5, 0.6) is 0 Å². The van der Waals surface area contributed by atoms with E-state index in [2.05, 4.69) is 15.9 Å². The van der Waals surface area contributed by atoms with Gasteiger partial charge in [-0.2, -0.15) is 5.06 Å². The minimum absolute atomic E-state index is 0.0773. The van der Waals surface area contributed by atoms with Gasteiger partial charge in [-0.3, -0.25) is 9.63 Å². The number of alkyl halides is 1. The first-order valence-corrected chi connectivity index (χ1v) is 8.31. The predicted molar refractivity (Wildman–Crippen MR) is 84.4 cm³/mol. The van der Waals surface area contributed by atoms with Crippen molar-refractivity contribution < 1.29 is 19.1 Å². The zero-order valence-electron chi connectivity index (χ0n) is 12.7. The molecule has 0 saturated carbocycles. The van der Waals surface area contributed by atoms with E-state index < -0.39 is 11.8 Å². The van der Waals surface area contributed by atoms with E-state index in [-0.39, 0.29) is 16.7 Å². The molecule has 2 heterocycles. The van der Waals surface area contributed by atoms with Crippen LogP contribution in [0.25, 0.3) is 0 Å². The Morgan fingerprint density at radius 3 is 2.64 bits per heavy atom. The van der Waals surface area contributed by atoms with Crippen LogP contribution in [-0.2, 0) is 25.7 Å². The Morgan fingerprint density at radius 2 is 2.00 bits per heavy atom. The average molecular weight is 370 g/mol. The molecule has 22 heavy (non-hydrogen) atoms. The molecule has 0 aliphatic carbocycles. The number of ketones is 1. The Balaban J connectivity index is 1.79. The van der Waals surface area contributed by atoms with Gasteiger partial charge in [0.25, 0.3) is 0 Å². The van der Waals surface area contributed by atoms with Crippen LogP contribution in [0.15, 0.2) is 30.3 Å². The number of carbonyl (C=O) groups is 1. The third-order valence-corrected chi connectivity index (χ3v) is 4.58. The molecule has 1 aromatic rings. The lowest BCUT2D eigenvalue weighted by atomic mass is 10.0. The van der Waals surface area contributed by atoms with E-state index in [1.165, 1.54) is 0 Å². The molecule has 2 aliphatic heterocycles. The lowest BCUT2D eigenvalue weighted by molar-refractivity contribution is -0.234. The average Bonchev–Trinajstić information content (AvgIpc) is 2.84. The number of hydroxylamine groups is 2. The van der Waals surface area contributed by atoms with E-state index in [4.69, 9.17) is 14.3 Å². The quantitative estimate of drug-likeness (QED) is 0.765. The zero-order chi connectivity index (χ0) is 15.7. The molecule has 2 fully saturated rings. The largest absolute Gasteiger partial charge is 0.348 e. The molecule has 3 atom stereocenters. The molecule has 0 spiro atoms. The molecule has 6 heteroatoms. The van der Waals surface area contributed by atoms with Crippen molar-refractivity contribution in [2.45, 2.75) is 43.2 Å². The van der Waals surface area contributed by atoms with E-state index >= 15 is 0 Å². The first-order valence-electron chi connectivity index (χ1n) is 7.39. The number of hydrogen-bond donors (Lipinski definition) is 0. The summed E-state index contributed by atoms with van der Waals surface area (Å²) in [5, 5.41) is 1.73. The van der Waals surface area contributed by atoms with Crippen LogP contribution in [0.2, 0.25) is 0 Å². The lowest BCUT2D eigenvalue weighted by Crippen LogP contribution is -2.57. The monoisotopic (exact) mass is 369 g/mol. The van der Waals surface area contributed by atoms with Gasteiger partial charge in [-0.15, -0.1) is 0 Å². The van der Waals surface area contributed by atoms with E-state index in [0.717, 1.165) is 5.56 Å². The highest BCUT2D eigenvalue weighted by Gasteiger charge is 2.47. The van der Waals surface area contributed by atoms with E-state index in [0.29, 0.717) is 19.8 Å². The van der Waals surface area contributed by atoms with Crippen LogP contribution in [-0.4, -0.2) is 46.8 Å². The molecule has 1 aromatic carbocycles. The Morgan fingerprint density at radius 1 is 1.27 bits per heavy atom. The van der Waals surface area contributed by atoms with Crippen LogP contribution in [0.4, 0.5) is 0 Å². The fourth-order valence-electron chi connectivity index (χ4n) is 2.80. The Hall–Kier alpha value is -0.790. The molecule has 0 aromatic heterocycles. The second kappa shape index (κ2) is 6.37. The van der Waals surface area contributed by atoms with Crippen LogP contribution in [0.3, 0.4) is 0 Å². The fourth-order valence-corrected chi connectivity index (χ4v) is 3.19. The minimum Gasteiger partial charge on any atom is -0.348 e. The number of carbonyl (C=O) groups excluding carboxylic acids is 1. The summed E-state index contributed by atoms with van der Waals surface area (Å²) in [6.07, 6.45) is -0.327. The number of ether oxygens (including phenoxy) is 2. The standard InChI is InChI=1S/C16H20BrNO4/c1-16(2)20-10-13(22-16)14-15(19)12(17)9-21-18(14)8-11-6-4-3-5-7-11/h3-7,12-14H,8-10H2,1-2H3/t12?,13-,14-/m1/s1. The number of benzene rings is 1. The van der Waals surface area contributed by atoms with Crippen LogP contribution in [0.1, 0.15) is 19.4 Å². The number of halogens is 1. The van der Waals surface area contributed by atoms with Crippen molar-refractivity contribution in [1.82, 2.24) is 5.06 Å². The van der Waals surface area contributed by atoms with Gasteiger partial charge in [0.2, 0.25) is 0 Å². The summed E-state index contributed by atoms with van der Waals surface area (Å²) in [6.45, 7) is 4.97. The number of nitrogens with zero attached hydrogens (tertiary/aromatic N) is 1. The Bertz CT molecular complexity index is 536. The molecule has 1 unspecified atom stereocenters. The van der Waals surface area contributed by atoms with Gasteiger partial charge in [0.05, 0.1) is 19.8 Å². The topological polar surface area (TPSA) is 48.0 Å². The van der Waals surface area contributed by atoms with Gasteiger partial charge in [-0.1, -0.05) is 46.3 Å². The summed E-state index contributed by atoms with van der Waals surface area (Å²) in [4.78, 5) is 18.1. The molecule has 3 rings (SSSR count). The molecule has 2 saturated heterocycles. The van der Waals surface area contributed by atoms with Crippen molar-refractivity contribution in [2.75, 3.05) is 13.2 Å². The summed E-state index contributed by atoms with van der Waals surface area (Å²) < 4.78 is 11.5. The van der Waals surface area contributed by atoms with Gasteiger partial charge >= 0.3 is 0 Å². The molecular formula is C16H20BrNO4. The second-order valence-electron chi connectivity index (χ2n) is 6.04. The van der Waals surface area contributed by atoms with E-state index in [1.807, 2.05) is 44.2 Å².